The summed E-state index contributed by atoms with van der Waals surface area (Å²) in [6.07, 6.45) is 3.44. The number of nitrogens with zero attached hydrogens (tertiary/aromatic N) is 5. The molecule has 2 bridgehead atoms. The van der Waals surface area contributed by atoms with Gasteiger partial charge in [-0.25, -0.2) is 13.8 Å². The van der Waals surface area contributed by atoms with Crippen LogP contribution in [0.3, 0.4) is 0 Å². The van der Waals surface area contributed by atoms with E-state index >= 15 is 0 Å². The molecule has 0 unspecified atom stereocenters. The fraction of sp³-hybridized carbons (Fsp3) is 0.400. The van der Waals surface area contributed by atoms with E-state index in [-0.39, 0.29) is 22.6 Å². The van der Waals surface area contributed by atoms with E-state index in [1.54, 1.807) is 11.0 Å². The first-order valence-corrected chi connectivity index (χ1v) is 9.05. The Morgan fingerprint density at radius 1 is 1.15 bits per heavy atom. The third-order valence-corrected chi connectivity index (χ3v) is 6.69. The van der Waals surface area contributed by atoms with Crippen molar-refractivity contribution in [2.75, 3.05) is 0 Å². The van der Waals surface area contributed by atoms with Crippen LogP contribution in [0.5, 0.6) is 0 Å². The molecule has 0 aliphatic heterocycles. The normalized spacial score (nSPS) is 25.0. The van der Waals surface area contributed by atoms with Gasteiger partial charge in [-0.1, -0.05) is 19.9 Å². The highest BCUT2D eigenvalue weighted by atomic mass is 19.1. The van der Waals surface area contributed by atoms with Crippen LogP contribution in [0.25, 0.3) is 11.3 Å². The lowest BCUT2D eigenvalue weighted by Gasteiger charge is -2.36. The average molecular weight is 367 g/mol. The van der Waals surface area contributed by atoms with Crippen LogP contribution in [0.4, 0.5) is 8.78 Å². The summed E-state index contributed by atoms with van der Waals surface area (Å²) < 4.78 is 30.3. The molecule has 2 aliphatic rings. The molecule has 0 radical (unpaired) electrons. The first-order valence-electron chi connectivity index (χ1n) is 9.05. The molecule has 0 amide bonds. The highest BCUT2D eigenvalue weighted by molar-refractivity contribution is 5.63. The molecule has 0 N–H and O–H groups in total. The smallest absolute Gasteiger partial charge is 0.139 e. The minimum absolute atomic E-state index is 0.124. The summed E-state index contributed by atoms with van der Waals surface area (Å²) in [5, 5.41) is 13.0. The third kappa shape index (κ3) is 1.86. The van der Waals surface area contributed by atoms with Gasteiger partial charge in [0.15, 0.2) is 0 Å². The first-order chi connectivity index (χ1) is 12.9. The Balaban J connectivity index is 1.75. The van der Waals surface area contributed by atoms with Crippen molar-refractivity contribution in [3.8, 4) is 11.3 Å². The zero-order chi connectivity index (χ0) is 19.0. The molecule has 0 spiro atoms. The van der Waals surface area contributed by atoms with Gasteiger partial charge in [0.05, 0.1) is 22.4 Å². The van der Waals surface area contributed by atoms with Crippen molar-refractivity contribution in [1.29, 1.82) is 0 Å². The summed E-state index contributed by atoms with van der Waals surface area (Å²) in [6, 6.07) is 5.64. The Morgan fingerprint density at radius 2 is 1.89 bits per heavy atom. The van der Waals surface area contributed by atoms with E-state index in [1.807, 2.05) is 13.1 Å². The number of hydrogen-bond donors (Lipinski definition) is 0. The minimum atomic E-state index is -0.630. The fourth-order valence-electron chi connectivity index (χ4n) is 5.37. The van der Waals surface area contributed by atoms with Gasteiger partial charge in [-0.2, -0.15) is 10.2 Å². The van der Waals surface area contributed by atoms with Gasteiger partial charge in [-0.05, 0) is 47.9 Å². The van der Waals surface area contributed by atoms with Gasteiger partial charge in [-0.3, -0.25) is 4.68 Å². The minimum Gasteiger partial charge on any atom is -0.252 e. The number of halogens is 2. The van der Waals surface area contributed by atoms with Gasteiger partial charge in [0.1, 0.15) is 23.8 Å². The summed E-state index contributed by atoms with van der Waals surface area (Å²) in [5.41, 5.74) is 1.46. The molecule has 2 aliphatic carbocycles. The standard InChI is InChI=1S/C20H19F2N5/c1-19(2)12-7-8-20(19,18-23-10-24-27(18)3)17-11(12)9-15(25-26-17)16-13(21)5-4-6-14(16)22/h4-6,9-10,12H,7-8H2,1-3H3/t12-,20+/m0/s1. The van der Waals surface area contributed by atoms with Crippen molar-refractivity contribution >= 4 is 0 Å². The van der Waals surface area contributed by atoms with Crippen LogP contribution in [0, 0.1) is 17.0 Å². The average Bonchev–Trinajstić information content (AvgIpc) is 3.22. The molecule has 1 saturated carbocycles. The molecular weight excluding hydrogens is 348 g/mol. The summed E-state index contributed by atoms with van der Waals surface area (Å²) in [4.78, 5) is 4.53. The lowest BCUT2D eigenvalue weighted by Crippen LogP contribution is -2.39. The molecule has 2 heterocycles. The molecule has 3 aromatic rings. The third-order valence-electron chi connectivity index (χ3n) is 6.69. The second kappa shape index (κ2) is 5.18. The van der Waals surface area contributed by atoms with Crippen molar-refractivity contribution in [1.82, 2.24) is 25.0 Å². The Labute approximate surface area is 155 Å². The highest BCUT2D eigenvalue weighted by Crippen LogP contribution is 2.69. The van der Waals surface area contributed by atoms with Crippen LogP contribution in [0.2, 0.25) is 0 Å². The predicted octanol–water partition coefficient (Wildman–Crippen LogP) is 3.75. The topological polar surface area (TPSA) is 56.5 Å². The van der Waals surface area contributed by atoms with Crippen molar-refractivity contribution in [2.45, 2.75) is 38.0 Å². The van der Waals surface area contributed by atoms with Gasteiger partial charge in [0.2, 0.25) is 0 Å². The lowest BCUT2D eigenvalue weighted by atomic mass is 9.68. The Morgan fingerprint density at radius 3 is 2.56 bits per heavy atom. The number of fused-ring (bicyclic) bond motifs is 5. The summed E-state index contributed by atoms with van der Waals surface area (Å²) >= 11 is 0. The molecule has 5 rings (SSSR count). The molecule has 5 nitrogen and oxygen atoms in total. The largest absolute Gasteiger partial charge is 0.252 e. The van der Waals surface area contributed by atoms with E-state index in [4.69, 9.17) is 0 Å². The van der Waals surface area contributed by atoms with E-state index in [9.17, 15) is 8.78 Å². The summed E-state index contributed by atoms with van der Waals surface area (Å²) in [6.45, 7) is 4.43. The Bertz CT molecular complexity index is 1050. The van der Waals surface area contributed by atoms with Crippen molar-refractivity contribution in [2.24, 2.45) is 12.5 Å². The molecule has 138 valence electrons. The van der Waals surface area contributed by atoms with E-state index in [0.29, 0.717) is 0 Å². The van der Waals surface area contributed by atoms with Crippen LogP contribution < -0.4 is 0 Å². The predicted molar refractivity (Wildman–Crippen MR) is 94.9 cm³/mol. The van der Waals surface area contributed by atoms with E-state index in [2.05, 4.69) is 34.1 Å². The number of aryl methyl sites for hydroxylation is 1. The molecule has 27 heavy (non-hydrogen) atoms. The maximum absolute atomic E-state index is 14.3. The van der Waals surface area contributed by atoms with E-state index in [1.165, 1.54) is 18.2 Å². The zero-order valence-corrected chi connectivity index (χ0v) is 15.4. The summed E-state index contributed by atoms with van der Waals surface area (Å²) in [7, 11) is 1.88. The van der Waals surface area contributed by atoms with Gasteiger partial charge in [0.25, 0.3) is 0 Å². The van der Waals surface area contributed by atoms with Gasteiger partial charge in [-0.15, -0.1) is 5.10 Å². The van der Waals surface area contributed by atoms with Gasteiger partial charge < -0.3 is 0 Å². The van der Waals surface area contributed by atoms with Gasteiger partial charge >= 0.3 is 0 Å². The fourth-order valence-corrected chi connectivity index (χ4v) is 5.37. The lowest BCUT2D eigenvalue weighted by molar-refractivity contribution is 0.231. The van der Waals surface area contributed by atoms with Crippen molar-refractivity contribution < 1.29 is 8.78 Å². The van der Waals surface area contributed by atoms with Crippen LogP contribution in [-0.2, 0) is 12.5 Å². The maximum atomic E-state index is 14.3. The first kappa shape index (κ1) is 16.5. The quantitative estimate of drug-likeness (QED) is 0.692. The molecular formula is C20H19F2N5. The molecule has 1 fully saturated rings. The Hall–Kier alpha value is -2.70. The van der Waals surface area contributed by atoms with Gasteiger partial charge in [0, 0.05) is 7.05 Å². The number of hydrogen-bond acceptors (Lipinski definition) is 4. The molecule has 1 aromatic carbocycles. The highest BCUT2D eigenvalue weighted by Gasteiger charge is 2.66. The molecule has 2 aromatic heterocycles. The van der Waals surface area contributed by atoms with E-state index < -0.39 is 17.0 Å². The van der Waals surface area contributed by atoms with Crippen molar-refractivity contribution in [3.05, 3.63) is 59.3 Å². The van der Waals surface area contributed by atoms with E-state index in [0.717, 1.165) is 29.9 Å². The van der Waals surface area contributed by atoms with Crippen LogP contribution in [-0.4, -0.2) is 25.0 Å². The van der Waals surface area contributed by atoms with Crippen LogP contribution in [0.15, 0.2) is 30.6 Å². The summed E-state index contributed by atoms with van der Waals surface area (Å²) in [5.74, 6) is -0.162. The second-order valence-electron chi connectivity index (χ2n) is 8.06. The maximum Gasteiger partial charge on any atom is 0.139 e. The number of rotatable bonds is 2. The molecule has 2 atom stereocenters. The zero-order valence-electron chi connectivity index (χ0n) is 15.4. The van der Waals surface area contributed by atoms with Crippen LogP contribution in [0.1, 0.15) is 49.7 Å². The monoisotopic (exact) mass is 367 g/mol. The second-order valence-corrected chi connectivity index (χ2v) is 8.06. The Kier molecular flexibility index (Phi) is 3.16. The van der Waals surface area contributed by atoms with Crippen LogP contribution >= 0.6 is 0 Å². The molecule has 7 heteroatoms. The number of aromatic nitrogens is 5. The SMILES string of the molecule is Cn1ncnc1[C@@]12CC[C@@H](c3cc(-c4c(F)cccc4F)nnc31)C2(C)C. The molecule has 0 saturated heterocycles. The number of benzene rings is 1. The van der Waals surface area contributed by atoms with Crippen molar-refractivity contribution in [3.63, 3.8) is 0 Å².